The smallest absolute Gasteiger partial charge is 0.0643 e. The minimum atomic E-state index is -1.55. The van der Waals surface area contributed by atoms with Gasteiger partial charge in [0.05, 0.1) is 11.9 Å². The molecule has 0 aliphatic carbocycles. The number of aliphatic carboxylic acids is 2. The molecule has 0 amide bonds. The van der Waals surface area contributed by atoms with Gasteiger partial charge in [0.25, 0.3) is 0 Å². The molecule has 1 atom stereocenters. The molecule has 26 heavy (non-hydrogen) atoms. The number of hydrogen-bond donors (Lipinski definition) is 0. The number of hydrogen-bond acceptors (Lipinski definition) is 6. The second-order valence-corrected chi connectivity index (χ2v) is 6.19. The van der Waals surface area contributed by atoms with Crippen LogP contribution in [0.2, 0.25) is 0 Å². The number of carboxylic acid groups (broad SMARTS) is 2. The average Bonchev–Trinajstić information content (AvgIpc) is 2.65. The van der Waals surface area contributed by atoms with Crippen LogP contribution in [-0.2, 0) is 9.59 Å². The standard InChI is InChI=1S/C16H26N2.C4H4O4/c1-3-12-18(15-9-6-5-7-10-15)16-11-8-13-17(4-2)14-16;5-3(6)1-2-4(7)8/h5-7,9-10,16H,3-4,8,11-14H2,1-2H3;1-2H,(H,5,6)(H,7,8)/p-2/b;2-1-. The molecular formula is C20H28N2O4-2. The highest BCUT2D eigenvalue weighted by Gasteiger charge is 2.24. The number of likely N-dealkylation sites (tertiary alicyclic amines) is 1. The van der Waals surface area contributed by atoms with Gasteiger partial charge in [-0.15, -0.1) is 0 Å². The van der Waals surface area contributed by atoms with Crippen molar-refractivity contribution < 1.29 is 19.8 Å². The monoisotopic (exact) mass is 360 g/mol. The number of piperidine rings is 1. The van der Waals surface area contributed by atoms with Gasteiger partial charge in [-0.25, -0.2) is 0 Å². The Bertz CT molecular complexity index is 558. The first-order valence-corrected chi connectivity index (χ1v) is 9.12. The molecule has 1 aromatic rings. The fourth-order valence-corrected chi connectivity index (χ4v) is 3.09. The minimum Gasteiger partial charge on any atom is -0.545 e. The van der Waals surface area contributed by atoms with Gasteiger partial charge in [0, 0.05) is 24.8 Å². The molecule has 6 nitrogen and oxygen atoms in total. The number of rotatable bonds is 7. The van der Waals surface area contributed by atoms with Gasteiger partial charge >= 0.3 is 0 Å². The number of nitrogens with zero attached hydrogens (tertiary/aromatic N) is 2. The molecule has 0 aromatic heterocycles. The van der Waals surface area contributed by atoms with Crippen LogP contribution in [0.3, 0.4) is 0 Å². The minimum absolute atomic E-state index is 0.384. The molecule has 1 aliphatic heterocycles. The number of carbonyl (C=O) groups is 2. The van der Waals surface area contributed by atoms with Gasteiger partial charge in [0.15, 0.2) is 0 Å². The highest BCUT2D eigenvalue weighted by molar-refractivity contribution is 5.87. The predicted octanol–water partition coefficient (Wildman–Crippen LogP) is 0.430. The maximum atomic E-state index is 9.41. The van der Waals surface area contributed by atoms with E-state index in [2.05, 4.69) is 54.0 Å². The maximum absolute atomic E-state index is 9.41. The Morgan fingerprint density at radius 1 is 1.15 bits per heavy atom. The topological polar surface area (TPSA) is 86.7 Å². The third-order valence-corrected chi connectivity index (χ3v) is 4.28. The number of carbonyl (C=O) groups excluding carboxylic acids is 2. The van der Waals surface area contributed by atoms with Crippen LogP contribution in [0.15, 0.2) is 42.5 Å². The molecule has 2 rings (SSSR count). The Hall–Kier alpha value is -2.34. The highest BCUT2D eigenvalue weighted by Crippen LogP contribution is 2.23. The second kappa shape index (κ2) is 12.1. The van der Waals surface area contributed by atoms with Crippen LogP contribution in [-0.4, -0.2) is 49.1 Å². The molecule has 0 saturated carbocycles. The Morgan fingerprint density at radius 3 is 2.27 bits per heavy atom. The normalized spacial score (nSPS) is 17.4. The molecule has 1 aliphatic rings. The van der Waals surface area contributed by atoms with Crippen LogP contribution in [0.5, 0.6) is 0 Å². The van der Waals surface area contributed by atoms with Crippen LogP contribution < -0.4 is 15.1 Å². The van der Waals surface area contributed by atoms with Crippen molar-refractivity contribution in [1.82, 2.24) is 4.90 Å². The van der Waals surface area contributed by atoms with Crippen molar-refractivity contribution in [3.8, 4) is 0 Å². The molecule has 1 unspecified atom stereocenters. The number of carboxylic acids is 2. The lowest BCUT2D eigenvalue weighted by molar-refractivity contribution is -0.301. The first-order chi connectivity index (χ1) is 12.5. The van der Waals surface area contributed by atoms with Crippen molar-refractivity contribution in [3.05, 3.63) is 42.5 Å². The summed E-state index contributed by atoms with van der Waals surface area (Å²) in [6, 6.07) is 11.6. The number of benzene rings is 1. The van der Waals surface area contributed by atoms with Crippen molar-refractivity contribution >= 4 is 17.6 Å². The van der Waals surface area contributed by atoms with Gasteiger partial charge in [0.1, 0.15) is 0 Å². The van der Waals surface area contributed by atoms with E-state index in [0.29, 0.717) is 18.2 Å². The van der Waals surface area contributed by atoms with E-state index in [1.807, 2.05) is 0 Å². The van der Waals surface area contributed by atoms with E-state index >= 15 is 0 Å². The summed E-state index contributed by atoms with van der Waals surface area (Å²) in [5.74, 6) is -3.09. The molecule has 0 spiro atoms. The molecule has 1 heterocycles. The Labute approximate surface area is 155 Å². The predicted molar refractivity (Wildman–Crippen MR) is 98.4 cm³/mol. The van der Waals surface area contributed by atoms with E-state index in [1.54, 1.807) is 0 Å². The van der Waals surface area contributed by atoms with Gasteiger partial charge in [-0.1, -0.05) is 32.0 Å². The van der Waals surface area contributed by atoms with Crippen molar-refractivity contribution in [3.63, 3.8) is 0 Å². The number of anilines is 1. The van der Waals surface area contributed by atoms with Gasteiger partial charge in [-0.3, -0.25) is 0 Å². The first kappa shape index (κ1) is 21.7. The van der Waals surface area contributed by atoms with Gasteiger partial charge in [-0.2, -0.15) is 0 Å². The highest BCUT2D eigenvalue weighted by atomic mass is 16.4. The summed E-state index contributed by atoms with van der Waals surface area (Å²) in [7, 11) is 0. The van der Waals surface area contributed by atoms with Crippen LogP contribution in [0.25, 0.3) is 0 Å². The summed E-state index contributed by atoms with van der Waals surface area (Å²) in [5, 5.41) is 18.8. The largest absolute Gasteiger partial charge is 0.545 e. The van der Waals surface area contributed by atoms with Crippen LogP contribution >= 0.6 is 0 Å². The maximum Gasteiger partial charge on any atom is 0.0643 e. The van der Waals surface area contributed by atoms with Crippen molar-refractivity contribution in [2.75, 3.05) is 31.1 Å². The third-order valence-electron chi connectivity index (χ3n) is 4.28. The third kappa shape index (κ3) is 8.16. The molecule has 0 radical (unpaired) electrons. The summed E-state index contributed by atoms with van der Waals surface area (Å²) in [6.07, 6.45) is 4.67. The Balaban J connectivity index is 0.000000359. The zero-order valence-corrected chi connectivity index (χ0v) is 15.6. The van der Waals surface area contributed by atoms with Crippen LogP contribution in [0, 0.1) is 0 Å². The molecule has 144 valence electrons. The summed E-state index contributed by atoms with van der Waals surface area (Å²) < 4.78 is 0. The Morgan fingerprint density at radius 2 is 1.77 bits per heavy atom. The van der Waals surface area contributed by atoms with Crippen molar-refractivity contribution in [2.24, 2.45) is 0 Å². The lowest BCUT2D eigenvalue weighted by Crippen LogP contribution is -2.48. The molecule has 6 heteroatoms. The molecule has 1 aromatic carbocycles. The van der Waals surface area contributed by atoms with Gasteiger partial charge < -0.3 is 29.6 Å². The number of likely N-dealkylation sites (N-methyl/N-ethyl adjacent to an activating group) is 1. The fraction of sp³-hybridized carbons (Fsp3) is 0.500. The quantitative estimate of drug-likeness (QED) is 0.656. The molecule has 0 N–H and O–H groups in total. The Kier molecular flexibility index (Phi) is 10.1. The summed E-state index contributed by atoms with van der Waals surface area (Å²) >= 11 is 0. The van der Waals surface area contributed by atoms with E-state index in [9.17, 15) is 19.8 Å². The first-order valence-electron chi connectivity index (χ1n) is 9.12. The van der Waals surface area contributed by atoms with E-state index in [-0.39, 0.29) is 0 Å². The zero-order valence-electron chi connectivity index (χ0n) is 15.6. The molecule has 1 saturated heterocycles. The van der Waals surface area contributed by atoms with Crippen molar-refractivity contribution in [1.29, 1.82) is 0 Å². The fourth-order valence-electron chi connectivity index (χ4n) is 3.09. The summed E-state index contributed by atoms with van der Waals surface area (Å²) in [6.45, 7) is 9.41. The SMILES string of the molecule is CCCN(c1ccccc1)C1CCCN(CC)C1.O=C([O-])/C=C\C(=O)[O-]. The van der Waals surface area contributed by atoms with Crippen LogP contribution in [0.4, 0.5) is 5.69 Å². The molecule has 0 bridgehead atoms. The van der Waals surface area contributed by atoms with E-state index in [4.69, 9.17) is 0 Å². The van der Waals surface area contributed by atoms with E-state index < -0.39 is 11.9 Å². The summed E-state index contributed by atoms with van der Waals surface area (Å²) in [5.41, 5.74) is 1.39. The lowest BCUT2D eigenvalue weighted by Gasteiger charge is -2.40. The average molecular weight is 360 g/mol. The summed E-state index contributed by atoms with van der Waals surface area (Å²) in [4.78, 5) is 24.0. The van der Waals surface area contributed by atoms with Gasteiger partial charge in [-0.05, 0) is 56.6 Å². The van der Waals surface area contributed by atoms with E-state index in [0.717, 1.165) is 0 Å². The lowest BCUT2D eigenvalue weighted by atomic mass is 10.0. The molecular weight excluding hydrogens is 332 g/mol. The van der Waals surface area contributed by atoms with E-state index in [1.165, 1.54) is 51.1 Å². The molecule has 1 fully saturated rings. The van der Waals surface area contributed by atoms with Crippen molar-refractivity contribution in [2.45, 2.75) is 39.2 Å². The zero-order chi connectivity index (χ0) is 19.4. The second-order valence-electron chi connectivity index (χ2n) is 6.19. The van der Waals surface area contributed by atoms with Crippen LogP contribution in [0.1, 0.15) is 33.1 Å². The number of para-hydroxylation sites is 1. The van der Waals surface area contributed by atoms with Gasteiger partial charge in [0.2, 0.25) is 0 Å².